The summed E-state index contributed by atoms with van der Waals surface area (Å²) in [6, 6.07) is 13.4. The molecule has 2 aromatic carbocycles. The van der Waals surface area contributed by atoms with Crippen molar-refractivity contribution in [1.29, 1.82) is 0 Å². The normalized spacial score (nSPS) is 16.8. The molecule has 3 rings (SSSR count). The molecule has 0 atom stereocenters. The first kappa shape index (κ1) is 26.4. The number of esters is 4. The Kier molecular flexibility index (Phi) is 9.56. The van der Waals surface area contributed by atoms with Gasteiger partial charge in [-0.2, -0.15) is 0 Å². The number of hydrogen-bond acceptors (Lipinski definition) is 8. The van der Waals surface area contributed by atoms with Gasteiger partial charge in [0.25, 0.3) is 0 Å². The van der Waals surface area contributed by atoms with Crippen LogP contribution in [0.3, 0.4) is 0 Å². The number of benzene rings is 2. The van der Waals surface area contributed by atoms with Crippen LogP contribution in [0.1, 0.15) is 47.2 Å². The molecule has 0 spiro atoms. The van der Waals surface area contributed by atoms with Gasteiger partial charge in [-0.3, -0.25) is 4.79 Å². The molecule has 1 aliphatic rings. The minimum Gasteiger partial charge on any atom is -0.459 e. The zero-order valence-electron chi connectivity index (χ0n) is 19.9. The van der Waals surface area contributed by atoms with Gasteiger partial charge in [0.05, 0.1) is 11.5 Å². The van der Waals surface area contributed by atoms with Gasteiger partial charge in [-0.05, 0) is 61.1 Å². The van der Waals surface area contributed by atoms with Gasteiger partial charge < -0.3 is 18.9 Å². The highest BCUT2D eigenvalue weighted by molar-refractivity contribution is 5.89. The molecule has 8 heteroatoms. The van der Waals surface area contributed by atoms with E-state index in [1.807, 2.05) is 0 Å². The van der Waals surface area contributed by atoms with E-state index in [0.29, 0.717) is 37.0 Å². The average Bonchev–Trinajstić information content (AvgIpc) is 2.91. The van der Waals surface area contributed by atoms with Crippen molar-refractivity contribution < 1.29 is 38.1 Å². The number of hydrogen-bond donors (Lipinski definition) is 0. The van der Waals surface area contributed by atoms with Crippen molar-refractivity contribution in [2.75, 3.05) is 0 Å². The van der Waals surface area contributed by atoms with Crippen molar-refractivity contribution in [3.05, 3.63) is 90.5 Å². The molecule has 0 N–H and O–H groups in total. The Labute approximate surface area is 209 Å². The van der Waals surface area contributed by atoms with E-state index in [4.69, 9.17) is 18.9 Å². The summed E-state index contributed by atoms with van der Waals surface area (Å²) in [5.41, 5.74) is 1.91. The Morgan fingerprint density at radius 2 is 1.25 bits per heavy atom. The van der Waals surface area contributed by atoms with Gasteiger partial charge in [-0.1, -0.05) is 37.4 Å². The molecule has 188 valence electrons. The predicted octanol–water partition coefficient (Wildman–Crippen LogP) is 4.47. The summed E-state index contributed by atoms with van der Waals surface area (Å²) in [5, 5.41) is 0. The fourth-order valence-corrected chi connectivity index (χ4v) is 3.65. The molecule has 0 bridgehead atoms. The number of ether oxygens (including phenoxy) is 4. The third kappa shape index (κ3) is 7.94. The van der Waals surface area contributed by atoms with Crippen LogP contribution >= 0.6 is 0 Å². The highest BCUT2D eigenvalue weighted by Gasteiger charge is 2.29. The minimum absolute atomic E-state index is 0.0929. The minimum atomic E-state index is -0.514. The molecule has 0 saturated heterocycles. The monoisotopic (exact) mass is 492 g/mol. The largest absolute Gasteiger partial charge is 0.459 e. The van der Waals surface area contributed by atoms with Crippen LogP contribution in [0.15, 0.2) is 73.8 Å². The second-order valence-corrected chi connectivity index (χ2v) is 8.26. The maximum Gasteiger partial charge on any atom is 0.338 e. The molecule has 1 fully saturated rings. The third-order valence-electron chi connectivity index (χ3n) is 5.71. The first-order valence-electron chi connectivity index (χ1n) is 11.6. The van der Waals surface area contributed by atoms with Crippen LogP contribution in [-0.4, -0.2) is 30.0 Å². The Bertz CT molecular complexity index is 1090. The molecular formula is C28H28O8. The summed E-state index contributed by atoms with van der Waals surface area (Å²) in [4.78, 5) is 47.3. The third-order valence-corrected chi connectivity index (χ3v) is 5.71. The topological polar surface area (TPSA) is 105 Å². The summed E-state index contributed by atoms with van der Waals surface area (Å²) in [6.07, 6.45) is 4.15. The van der Waals surface area contributed by atoms with E-state index in [-0.39, 0.29) is 31.2 Å². The maximum absolute atomic E-state index is 12.6. The van der Waals surface area contributed by atoms with E-state index in [2.05, 4.69) is 13.2 Å². The Morgan fingerprint density at radius 3 is 1.75 bits per heavy atom. The van der Waals surface area contributed by atoms with Gasteiger partial charge in [0.15, 0.2) is 0 Å². The molecule has 0 aromatic heterocycles. The van der Waals surface area contributed by atoms with Gasteiger partial charge in [0.1, 0.15) is 25.1 Å². The zero-order chi connectivity index (χ0) is 25.9. The quantitative estimate of drug-likeness (QED) is 0.207. The Hall–Kier alpha value is -4.20. The summed E-state index contributed by atoms with van der Waals surface area (Å²) in [7, 11) is 0. The first-order valence-corrected chi connectivity index (χ1v) is 11.6. The van der Waals surface area contributed by atoms with Crippen LogP contribution in [0, 0.1) is 5.92 Å². The van der Waals surface area contributed by atoms with Crippen molar-refractivity contribution >= 4 is 23.9 Å². The van der Waals surface area contributed by atoms with E-state index in [9.17, 15) is 19.2 Å². The molecule has 0 heterocycles. The second kappa shape index (κ2) is 13.0. The highest BCUT2D eigenvalue weighted by atomic mass is 16.5. The van der Waals surface area contributed by atoms with Gasteiger partial charge in [-0.15, -0.1) is 0 Å². The van der Waals surface area contributed by atoms with Crippen LogP contribution in [0.4, 0.5) is 0 Å². The molecule has 36 heavy (non-hydrogen) atoms. The molecule has 0 amide bonds. The lowest BCUT2D eigenvalue weighted by atomic mass is 9.87. The average molecular weight is 493 g/mol. The van der Waals surface area contributed by atoms with E-state index in [1.165, 1.54) is 0 Å². The second-order valence-electron chi connectivity index (χ2n) is 8.26. The van der Waals surface area contributed by atoms with Crippen molar-refractivity contribution in [3.63, 3.8) is 0 Å². The van der Waals surface area contributed by atoms with E-state index in [1.54, 1.807) is 48.5 Å². The molecule has 8 nitrogen and oxygen atoms in total. The van der Waals surface area contributed by atoms with E-state index < -0.39 is 17.9 Å². The fraction of sp³-hybridized carbons (Fsp3) is 0.286. The van der Waals surface area contributed by atoms with Gasteiger partial charge in [0, 0.05) is 12.2 Å². The van der Waals surface area contributed by atoms with E-state index in [0.717, 1.165) is 23.3 Å². The number of carbonyl (C=O) groups is 4. The van der Waals surface area contributed by atoms with Crippen molar-refractivity contribution in [1.82, 2.24) is 0 Å². The lowest BCUT2D eigenvalue weighted by Crippen LogP contribution is -2.30. The lowest BCUT2D eigenvalue weighted by Gasteiger charge is -2.27. The van der Waals surface area contributed by atoms with Gasteiger partial charge >= 0.3 is 23.9 Å². The van der Waals surface area contributed by atoms with Crippen molar-refractivity contribution in [3.8, 4) is 5.75 Å². The molecule has 0 aliphatic heterocycles. The Balaban J connectivity index is 1.41. The molecular weight excluding hydrogens is 464 g/mol. The lowest BCUT2D eigenvalue weighted by molar-refractivity contribution is -0.141. The number of rotatable bonds is 10. The van der Waals surface area contributed by atoms with Crippen molar-refractivity contribution in [2.24, 2.45) is 5.92 Å². The van der Waals surface area contributed by atoms with Gasteiger partial charge in [0.2, 0.25) is 0 Å². The van der Waals surface area contributed by atoms with Crippen LogP contribution in [-0.2, 0) is 41.8 Å². The standard InChI is InChI=1S/C28H28O8/c1-3-25(29)33-17-19-5-9-21(10-6-19)27(31)36-24-15-11-22(12-16-24)28(32)35-23-13-7-20(8-14-23)18-34-26(30)4-2/h3-10,13-14,22,24H,1-2,11-12,15-18H2. The van der Waals surface area contributed by atoms with Crippen LogP contribution in [0.25, 0.3) is 0 Å². The first-order chi connectivity index (χ1) is 17.4. The summed E-state index contributed by atoms with van der Waals surface area (Å²) in [6.45, 7) is 6.88. The smallest absolute Gasteiger partial charge is 0.338 e. The number of carbonyl (C=O) groups excluding carboxylic acids is 4. The van der Waals surface area contributed by atoms with E-state index >= 15 is 0 Å². The zero-order valence-corrected chi connectivity index (χ0v) is 19.9. The molecule has 2 aromatic rings. The van der Waals surface area contributed by atoms with Crippen molar-refractivity contribution in [2.45, 2.75) is 45.0 Å². The molecule has 1 saturated carbocycles. The Morgan fingerprint density at radius 1 is 0.750 bits per heavy atom. The maximum atomic E-state index is 12.6. The summed E-state index contributed by atoms with van der Waals surface area (Å²) >= 11 is 0. The molecule has 0 unspecified atom stereocenters. The summed E-state index contributed by atoms with van der Waals surface area (Å²) in [5.74, 6) is -1.64. The van der Waals surface area contributed by atoms with Gasteiger partial charge in [-0.25, -0.2) is 14.4 Å². The molecule has 1 aliphatic carbocycles. The highest BCUT2D eigenvalue weighted by Crippen LogP contribution is 2.28. The predicted molar refractivity (Wildman–Crippen MR) is 130 cm³/mol. The summed E-state index contributed by atoms with van der Waals surface area (Å²) < 4.78 is 21.0. The van der Waals surface area contributed by atoms with Crippen LogP contribution in [0.5, 0.6) is 5.75 Å². The van der Waals surface area contributed by atoms with Crippen LogP contribution in [0.2, 0.25) is 0 Å². The molecule has 0 radical (unpaired) electrons. The fourth-order valence-electron chi connectivity index (χ4n) is 3.65. The van der Waals surface area contributed by atoms with Crippen LogP contribution < -0.4 is 4.74 Å². The SMILES string of the molecule is C=CC(=O)OCc1ccc(OC(=O)C2CCC(OC(=O)c3ccc(COC(=O)C=C)cc3)CC2)cc1.